The zero-order valence-electron chi connectivity index (χ0n) is 15.1. The predicted molar refractivity (Wildman–Crippen MR) is 104 cm³/mol. The quantitative estimate of drug-likeness (QED) is 0.782. The number of piperazine rings is 1. The van der Waals surface area contributed by atoms with Crippen LogP contribution in [0.2, 0.25) is 0 Å². The number of hydrogen-bond donors (Lipinski definition) is 0. The monoisotopic (exact) mass is 391 g/mol. The lowest BCUT2D eigenvalue weighted by molar-refractivity contribution is -0.129. The number of carbonyl (C=O) groups excluding carboxylic acids is 1. The third-order valence-electron chi connectivity index (χ3n) is 4.53. The van der Waals surface area contributed by atoms with E-state index in [1.165, 1.54) is 18.2 Å². The topological polar surface area (TPSA) is 60.9 Å². The van der Waals surface area contributed by atoms with Gasteiger partial charge in [-0.15, -0.1) is 0 Å². The Bertz CT molecular complexity index is 897. The minimum Gasteiger partial charge on any atom is -0.368 e. The molecule has 0 aliphatic carbocycles. The van der Waals surface area contributed by atoms with Crippen LogP contribution in [0.3, 0.4) is 0 Å². The van der Waals surface area contributed by atoms with Gasteiger partial charge in [-0.05, 0) is 30.3 Å². The first-order valence-corrected chi connectivity index (χ1v) is 10.5. The van der Waals surface area contributed by atoms with Crippen molar-refractivity contribution in [2.75, 3.05) is 48.2 Å². The second kappa shape index (κ2) is 7.96. The summed E-state index contributed by atoms with van der Waals surface area (Å²) in [6.07, 6.45) is 1.01. The van der Waals surface area contributed by atoms with Crippen molar-refractivity contribution in [2.24, 2.45) is 0 Å². The van der Waals surface area contributed by atoms with E-state index in [1.807, 2.05) is 30.3 Å². The summed E-state index contributed by atoms with van der Waals surface area (Å²) in [5.74, 6) is -0.845. The number of amides is 1. The lowest BCUT2D eigenvalue weighted by atomic mass is 10.2. The highest BCUT2D eigenvalue weighted by atomic mass is 32.2. The van der Waals surface area contributed by atoms with E-state index in [-0.39, 0.29) is 18.1 Å². The molecule has 0 saturated carbocycles. The van der Waals surface area contributed by atoms with E-state index in [0.717, 1.165) is 22.3 Å². The van der Waals surface area contributed by atoms with E-state index in [9.17, 15) is 17.6 Å². The standard InChI is InChI=1S/C19H22FN3O3S/c1-27(25,26)23(18-9-5-6-16(20)14-18)15-19(24)22-12-10-21(11-13-22)17-7-3-2-4-8-17/h2-9,14H,10-13,15H2,1H3. The molecule has 1 heterocycles. The van der Waals surface area contributed by atoms with E-state index >= 15 is 0 Å². The number of sulfonamides is 1. The summed E-state index contributed by atoms with van der Waals surface area (Å²) in [7, 11) is -3.71. The summed E-state index contributed by atoms with van der Waals surface area (Å²) in [4.78, 5) is 16.5. The Labute approximate surface area is 158 Å². The smallest absolute Gasteiger partial charge is 0.243 e. The Hall–Kier alpha value is -2.61. The van der Waals surface area contributed by atoms with Gasteiger partial charge in [0.25, 0.3) is 0 Å². The molecule has 1 saturated heterocycles. The number of halogens is 1. The summed E-state index contributed by atoms with van der Waals surface area (Å²) >= 11 is 0. The number of rotatable bonds is 5. The molecule has 1 fully saturated rings. The van der Waals surface area contributed by atoms with Crippen LogP contribution >= 0.6 is 0 Å². The molecule has 3 rings (SSSR count). The SMILES string of the molecule is CS(=O)(=O)N(CC(=O)N1CCN(c2ccccc2)CC1)c1cccc(F)c1. The lowest BCUT2D eigenvalue weighted by Gasteiger charge is -2.37. The molecule has 27 heavy (non-hydrogen) atoms. The van der Waals surface area contributed by atoms with Gasteiger partial charge in [0.05, 0.1) is 11.9 Å². The van der Waals surface area contributed by atoms with Crippen molar-refractivity contribution in [3.8, 4) is 0 Å². The van der Waals surface area contributed by atoms with Crippen LogP contribution in [0.25, 0.3) is 0 Å². The summed E-state index contributed by atoms with van der Waals surface area (Å²) < 4.78 is 38.7. The van der Waals surface area contributed by atoms with Crippen LogP contribution in [0.5, 0.6) is 0 Å². The van der Waals surface area contributed by atoms with Crippen LogP contribution in [-0.2, 0) is 14.8 Å². The van der Waals surface area contributed by atoms with Crippen LogP contribution in [0.1, 0.15) is 0 Å². The van der Waals surface area contributed by atoms with E-state index in [1.54, 1.807) is 4.90 Å². The number of anilines is 2. The highest BCUT2D eigenvalue weighted by Crippen LogP contribution is 2.20. The van der Waals surface area contributed by atoms with Gasteiger partial charge in [0, 0.05) is 31.9 Å². The largest absolute Gasteiger partial charge is 0.368 e. The molecule has 0 aromatic heterocycles. The van der Waals surface area contributed by atoms with E-state index in [4.69, 9.17) is 0 Å². The molecule has 1 aliphatic rings. The lowest BCUT2D eigenvalue weighted by Crippen LogP contribution is -2.52. The number of hydrogen-bond acceptors (Lipinski definition) is 4. The molecule has 0 bridgehead atoms. The second-order valence-corrected chi connectivity index (χ2v) is 8.36. The fourth-order valence-electron chi connectivity index (χ4n) is 3.11. The van der Waals surface area contributed by atoms with Gasteiger partial charge in [-0.3, -0.25) is 9.10 Å². The molecule has 6 nitrogen and oxygen atoms in total. The van der Waals surface area contributed by atoms with Gasteiger partial charge >= 0.3 is 0 Å². The van der Waals surface area contributed by atoms with Crippen molar-refractivity contribution in [2.45, 2.75) is 0 Å². The minimum atomic E-state index is -3.71. The predicted octanol–water partition coefficient (Wildman–Crippen LogP) is 1.94. The van der Waals surface area contributed by atoms with Gasteiger partial charge in [0.2, 0.25) is 15.9 Å². The van der Waals surface area contributed by atoms with Crippen LogP contribution in [0.15, 0.2) is 54.6 Å². The van der Waals surface area contributed by atoms with Crippen LogP contribution in [0, 0.1) is 5.82 Å². The van der Waals surface area contributed by atoms with Gasteiger partial charge in [0.15, 0.2) is 0 Å². The molecule has 2 aromatic carbocycles. The van der Waals surface area contributed by atoms with Gasteiger partial charge in [-0.2, -0.15) is 0 Å². The average Bonchev–Trinajstić information content (AvgIpc) is 2.66. The second-order valence-electron chi connectivity index (χ2n) is 6.45. The normalized spacial score (nSPS) is 14.9. The molecule has 144 valence electrons. The molecular weight excluding hydrogens is 369 g/mol. The van der Waals surface area contributed by atoms with Gasteiger partial charge in [-0.1, -0.05) is 24.3 Å². The first-order chi connectivity index (χ1) is 12.8. The molecule has 0 unspecified atom stereocenters. The first-order valence-electron chi connectivity index (χ1n) is 8.65. The summed E-state index contributed by atoms with van der Waals surface area (Å²) in [5.41, 5.74) is 1.25. The third-order valence-corrected chi connectivity index (χ3v) is 5.67. The molecular formula is C19H22FN3O3S. The highest BCUT2D eigenvalue weighted by molar-refractivity contribution is 7.92. The maximum absolute atomic E-state index is 13.5. The Morgan fingerprint density at radius 2 is 1.70 bits per heavy atom. The Kier molecular flexibility index (Phi) is 5.65. The van der Waals surface area contributed by atoms with Gasteiger partial charge < -0.3 is 9.80 Å². The Balaban J connectivity index is 1.67. The molecule has 0 spiro atoms. The van der Waals surface area contributed by atoms with Crippen molar-refractivity contribution in [1.29, 1.82) is 0 Å². The van der Waals surface area contributed by atoms with E-state index < -0.39 is 15.8 Å². The molecule has 1 aliphatic heterocycles. The van der Waals surface area contributed by atoms with Crippen LogP contribution < -0.4 is 9.21 Å². The van der Waals surface area contributed by atoms with Crippen molar-refractivity contribution < 1.29 is 17.6 Å². The number of nitrogens with zero attached hydrogens (tertiary/aromatic N) is 3. The van der Waals surface area contributed by atoms with Crippen molar-refractivity contribution in [3.63, 3.8) is 0 Å². The van der Waals surface area contributed by atoms with Crippen LogP contribution in [0.4, 0.5) is 15.8 Å². The third kappa shape index (κ3) is 4.77. The average molecular weight is 391 g/mol. The van der Waals surface area contributed by atoms with Gasteiger partial charge in [0.1, 0.15) is 12.4 Å². The fourth-order valence-corrected chi connectivity index (χ4v) is 3.95. The van der Waals surface area contributed by atoms with E-state index in [2.05, 4.69) is 4.90 Å². The summed E-state index contributed by atoms with van der Waals surface area (Å²) in [6, 6.07) is 15.2. The Morgan fingerprint density at radius 3 is 2.30 bits per heavy atom. The number of para-hydroxylation sites is 1. The first kappa shape index (κ1) is 19.2. The molecule has 1 amide bonds. The molecule has 0 N–H and O–H groups in total. The van der Waals surface area contributed by atoms with Crippen molar-refractivity contribution >= 4 is 27.3 Å². The number of carbonyl (C=O) groups is 1. The number of benzene rings is 2. The van der Waals surface area contributed by atoms with Crippen molar-refractivity contribution in [3.05, 3.63) is 60.4 Å². The zero-order chi connectivity index (χ0) is 19.4. The molecule has 2 aromatic rings. The summed E-state index contributed by atoms with van der Waals surface area (Å²) in [5, 5.41) is 0. The maximum Gasteiger partial charge on any atom is 0.243 e. The highest BCUT2D eigenvalue weighted by Gasteiger charge is 2.26. The molecule has 0 atom stereocenters. The maximum atomic E-state index is 13.5. The Morgan fingerprint density at radius 1 is 1.04 bits per heavy atom. The molecule has 0 radical (unpaired) electrons. The fraction of sp³-hybridized carbons (Fsp3) is 0.316. The van der Waals surface area contributed by atoms with Crippen LogP contribution in [-0.4, -0.2) is 58.2 Å². The minimum absolute atomic E-state index is 0.147. The zero-order valence-corrected chi connectivity index (χ0v) is 15.9. The summed E-state index contributed by atoms with van der Waals surface area (Å²) in [6.45, 7) is 2.03. The van der Waals surface area contributed by atoms with Crippen molar-refractivity contribution in [1.82, 2.24) is 4.90 Å². The molecule has 8 heteroatoms. The van der Waals surface area contributed by atoms with E-state index in [0.29, 0.717) is 26.2 Å². The van der Waals surface area contributed by atoms with Gasteiger partial charge in [-0.25, -0.2) is 12.8 Å².